The van der Waals surface area contributed by atoms with Crippen molar-refractivity contribution in [2.24, 2.45) is 0 Å². The third-order valence-corrected chi connectivity index (χ3v) is 4.00. The summed E-state index contributed by atoms with van der Waals surface area (Å²) in [5.74, 6) is 0.259. The average Bonchev–Trinajstić information content (AvgIpc) is 2.85. The molecule has 2 aromatic rings. The van der Waals surface area contributed by atoms with Crippen LogP contribution in [0.3, 0.4) is 0 Å². The summed E-state index contributed by atoms with van der Waals surface area (Å²) in [4.78, 5) is 0.460. The molecule has 126 valence electrons. The van der Waals surface area contributed by atoms with Gasteiger partial charge in [0, 0.05) is 16.7 Å². The van der Waals surface area contributed by atoms with E-state index in [2.05, 4.69) is 0 Å². The average molecular weight is 354 g/mol. The highest BCUT2D eigenvalue weighted by atomic mass is 32.1. The first-order valence-electron chi connectivity index (χ1n) is 6.54. The maximum Gasteiger partial charge on any atom is 0.416 e. The van der Waals surface area contributed by atoms with E-state index in [4.69, 9.17) is 4.74 Å². The molecule has 0 N–H and O–H groups in total. The summed E-state index contributed by atoms with van der Waals surface area (Å²) in [6, 6.07) is 4.53. The van der Waals surface area contributed by atoms with Crippen LogP contribution < -0.4 is 4.74 Å². The van der Waals surface area contributed by atoms with E-state index in [1.807, 2.05) is 0 Å². The Morgan fingerprint density at radius 3 is 2.35 bits per heavy atom. The Morgan fingerprint density at radius 2 is 1.74 bits per heavy atom. The van der Waals surface area contributed by atoms with Gasteiger partial charge in [0.1, 0.15) is 11.5 Å². The number of halogens is 6. The number of aryl methyl sites for hydroxylation is 2. The van der Waals surface area contributed by atoms with E-state index in [1.165, 1.54) is 17.5 Å². The maximum atomic E-state index is 12.7. The Balaban J connectivity index is 2.12. The third-order valence-electron chi connectivity index (χ3n) is 3.03. The van der Waals surface area contributed by atoms with Gasteiger partial charge >= 0.3 is 12.4 Å². The molecule has 0 fully saturated rings. The molecule has 0 spiro atoms. The number of thiophene rings is 1. The fourth-order valence-corrected chi connectivity index (χ4v) is 2.61. The SMILES string of the molecule is Cc1ccc(C(F)(F)F)cc1Oc1csc(CCC(F)(F)F)c1. The topological polar surface area (TPSA) is 9.23 Å². The van der Waals surface area contributed by atoms with Gasteiger partial charge in [-0.1, -0.05) is 6.07 Å². The van der Waals surface area contributed by atoms with Crippen LogP contribution in [0, 0.1) is 6.92 Å². The van der Waals surface area contributed by atoms with Crippen LogP contribution in [-0.2, 0) is 12.6 Å². The van der Waals surface area contributed by atoms with Crippen molar-refractivity contribution >= 4 is 11.3 Å². The summed E-state index contributed by atoms with van der Waals surface area (Å²) >= 11 is 1.08. The van der Waals surface area contributed by atoms with Gasteiger partial charge in [-0.3, -0.25) is 0 Å². The lowest BCUT2D eigenvalue weighted by Gasteiger charge is -2.11. The van der Waals surface area contributed by atoms with E-state index in [-0.39, 0.29) is 17.9 Å². The maximum absolute atomic E-state index is 12.7. The van der Waals surface area contributed by atoms with Crippen molar-refractivity contribution in [2.45, 2.75) is 32.1 Å². The van der Waals surface area contributed by atoms with Crippen molar-refractivity contribution in [1.29, 1.82) is 0 Å². The predicted octanol–water partition coefficient (Wildman–Crippen LogP) is 6.36. The van der Waals surface area contributed by atoms with E-state index >= 15 is 0 Å². The second kappa shape index (κ2) is 6.43. The van der Waals surface area contributed by atoms with Crippen LogP contribution in [0.5, 0.6) is 11.5 Å². The van der Waals surface area contributed by atoms with Gasteiger partial charge in [-0.25, -0.2) is 0 Å². The van der Waals surface area contributed by atoms with Gasteiger partial charge in [-0.05, 0) is 37.1 Å². The van der Waals surface area contributed by atoms with Crippen LogP contribution in [0.25, 0.3) is 0 Å². The molecule has 0 aliphatic heterocycles. The molecule has 0 saturated heterocycles. The largest absolute Gasteiger partial charge is 0.456 e. The molecule has 0 saturated carbocycles. The molecule has 1 nitrogen and oxygen atoms in total. The van der Waals surface area contributed by atoms with E-state index < -0.39 is 24.3 Å². The number of hydrogen-bond acceptors (Lipinski definition) is 2. The highest BCUT2D eigenvalue weighted by Gasteiger charge is 2.31. The van der Waals surface area contributed by atoms with Gasteiger partial charge in [0.25, 0.3) is 0 Å². The van der Waals surface area contributed by atoms with E-state index in [0.717, 1.165) is 23.5 Å². The number of alkyl halides is 6. The molecular formula is C15H12F6OS. The zero-order chi connectivity index (χ0) is 17.3. The molecule has 0 radical (unpaired) electrons. The lowest BCUT2D eigenvalue weighted by Crippen LogP contribution is -2.07. The highest BCUT2D eigenvalue weighted by Crippen LogP contribution is 2.36. The van der Waals surface area contributed by atoms with Crippen molar-refractivity contribution in [2.75, 3.05) is 0 Å². The third kappa shape index (κ3) is 5.16. The molecule has 1 aromatic heterocycles. The zero-order valence-corrected chi connectivity index (χ0v) is 12.7. The van der Waals surface area contributed by atoms with Gasteiger partial charge in [-0.15, -0.1) is 11.3 Å². The normalized spacial score (nSPS) is 12.5. The van der Waals surface area contributed by atoms with Gasteiger partial charge in [0.15, 0.2) is 0 Å². The van der Waals surface area contributed by atoms with Gasteiger partial charge in [-0.2, -0.15) is 26.3 Å². The molecule has 0 aliphatic carbocycles. The smallest absolute Gasteiger partial charge is 0.416 e. The van der Waals surface area contributed by atoms with Crippen LogP contribution in [0.4, 0.5) is 26.3 Å². The van der Waals surface area contributed by atoms with Crippen LogP contribution in [0.1, 0.15) is 22.4 Å². The summed E-state index contributed by atoms with van der Waals surface area (Å²) in [6.45, 7) is 1.59. The summed E-state index contributed by atoms with van der Waals surface area (Å²) < 4.78 is 80.0. The molecule has 0 unspecified atom stereocenters. The number of ether oxygens (including phenoxy) is 1. The monoisotopic (exact) mass is 354 g/mol. The van der Waals surface area contributed by atoms with Crippen LogP contribution in [0.15, 0.2) is 29.6 Å². The van der Waals surface area contributed by atoms with Gasteiger partial charge in [0.2, 0.25) is 0 Å². The van der Waals surface area contributed by atoms with Crippen LogP contribution in [-0.4, -0.2) is 6.18 Å². The van der Waals surface area contributed by atoms with Gasteiger partial charge < -0.3 is 4.74 Å². The minimum Gasteiger partial charge on any atom is -0.456 e. The zero-order valence-electron chi connectivity index (χ0n) is 11.9. The molecule has 23 heavy (non-hydrogen) atoms. The second-order valence-corrected chi connectivity index (χ2v) is 5.94. The Hall–Kier alpha value is -1.70. The fraction of sp³-hybridized carbons (Fsp3) is 0.333. The minimum atomic E-state index is -4.49. The number of benzene rings is 1. The molecule has 0 aliphatic rings. The lowest BCUT2D eigenvalue weighted by atomic mass is 10.1. The molecule has 0 atom stereocenters. The van der Waals surface area contributed by atoms with Crippen molar-refractivity contribution < 1.29 is 31.1 Å². The standard InChI is InChI=1S/C15H12F6OS/c1-9-2-3-10(15(19,20)21)6-13(9)22-11-7-12(23-8-11)4-5-14(16,17)18/h2-3,6-8H,4-5H2,1H3. The summed E-state index contributed by atoms with van der Waals surface area (Å²) in [5, 5.41) is 1.48. The minimum absolute atomic E-state index is 0.0278. The first-order chi connectivity index (χ1) is 10.5. The first kappa shape index (κ1) is 17.7. The Labute approximate surface area is 132 Å². The first-order valence-corrected chi connectivity index (χ1v) is 7.42. The Bertz CT molecular complexity index is 671. The molecular weight excluding hydrogens is 342 g/mol. The van der Waals surface area contributed by atoms with E-state index in [1.54, 1.807) is 6.92 Å². The van der Waals surface area contributed by atoms with Crippen molar-refractivity contribution in [3.8, 4) is 11.5 Å². The lowest BCUT2D eigenvalue weighted by molar-refractivity contribution is -0.137. The van der Waals surface area contributed by atoms with E-state index in [0.29, 0.717) is 10.4 Å². The second-order valence-electron chi connectivity index (χ2n) is 4.94. The molecule has 8 heteroatoms. The summed E-state index contributed by atoms with van der Waals surface area (Å²) in [6.07, 6.45) is -9.87. The van der Waals surface area contributed by atoms with Gasteiger partial charge in [0.05, 0.1) is 5.56 Å². The summed E-state index contributed by atoms with van der Waals surface area (Å²) in [5.41, 5.74) is -0.341. The fourth-order valence-electron chi connectivity index (χ4n) is 1.82. The Kier molecular flexibility index (Phi) is 4.93. The molecule has 0 amide bonds. The van der Waals surface area contributed by atoms with Crippen molar-refractivity contribution in [1.82, 2.24) is 0 Å². The highest BCUT2D eigenvalue weighted by molar-refractivity contribution is 7.10. The molecule has 1 heterocycles. The van der Waals surface area contributed by atoms with Crippen LogP contribution in [0.2, 0.25) is 0 Å². The predicted molar refractivity (Wildman–Crippen MR) is 75.0 cm³/mol. The molecule has 2 rings (SSSR count). The van der Waals surface area contributed by atoms with Crippen molar-refractivity contribution in [3.05, 3.63) is 45.6 Å². The number of rotatable bonds is 4. The molecule has 0 bridgehead atoms. The summed E-state index contributed by atoms with van der Waals surface area (Å²) in [7, 11) is 0. The molecule has 1 aromatic carbocycles. The van der Waals surface area contributed by atoms with E-state index in [9.17, 15) is 26.3 Å². The Morgan fingerprint density at radius 1 is 1.04 bits per heavy atom. The number of hydrogen-bond donors (Lipinski definition) is 0. The quantitative estimate of drug-likeness (QED) is 0.580. The van der Waals surface area contributed by atoms with Crippen molar-refractivity contribution in [3.63, 3.8) is 0 Å². The van der Waals surface area contributed by atoms with Crippen LogP contribution >= 0.6 is 11.3 Å².